The van der Waals surface area contributed by atoms with Crippen LogP contribution in [-0.2, 0) is 6.54 Å². The Bertz CT molecular complexity index is 607. The van der Waals surface area contributed by atoms with E-state index in [2.05, 4.69) is 43.5 Å². The van der Waals surface area contributed by atoms with E-state index in [0.717, 1.165) is 16.9 Å². The Balaban J connectivity index is 2.64. The van der Waals surface area contributed by atoms with Crippen molar-refractivity contribution in [3.05, 3.63) is 30.1 Å². The fourth-order valence-corrected chi connectivity index (χ4v) is 2.90. The van der Waals surface area contributed by atoms with Crippen molar-refractivity contribution in [3.8, 4) is 0 Å². The molecular weight excluding hydrogens is 268 g/mol. The lowest BCUT2D eigenvalue weighted by Gasteiger charge is -2.28. The van der Waals surface area contributed by atoms with Crippen molar-refractivity contribution in [1.82, 2.24) is 14.5 Å². The molecule has 1 heterocycles. The Labute approximate surface area is 125 Å². The van der Waals surface area contributed by atoms with E-state index >= 15 is 0 Å². The van der Waals surface area contributed by atoms with Gasteiger partial charge in [-0.25, -0.2) is 4.98 Å². The molecule has 0 saturated carbocycles. The van der Waals surface area contributed by atoms with Crippen molar-refractivity contribution < 1.29 is 0 Å². The molecule has 1 atom stereocenters. The molecule has 0 aliphatic carbocycles. The standard InChI is InChI=1S/C15H22N4S/c1-10(2)14(18(3)4)15-17-11-7-5-6-8-12(11)19(15)9-13(16)20/h5-8,10,14H,9H2,1-4H3,(H2,16,20). The third-order valence-electron chi connectivity index (χ3n) is 3.45. The van der Waals surface area contributed by atoms with Crippen molar-refractivity contribution in [3.63, 3.8) is 0 Å². The van der Waals surface area contributed by atoms with E-state index in [1.165, 1.54) is 0 Å². The second kappa shape index (κ2) is 5.89. The number of thiocarbonyl (C=S) groups is 1. The average molecular weight is 290 g/mol. The lowest BCUT2D eigenvalue weighted by molar-refractivity contribution is 0.220. The molecule has 20 heavy (non-hydrogen) atoms. The molecule has 0 saturated heterocycles. The predicted octanol–water partition coefficient (Wildman–Crippen LogP) is 2.58. The summed E-state index contributed by atoms with van der Waals surface area (Å²) in [4.78, 5) is 7.49. The summed E-state index contributed by atoms with van der Waals surface area (Å²) < 4.78 is 2.14. The van der Waals surface area contributed by atoms with Crippen molar-refractivity contribution in [2.75, 3.05) is 14.1 Å². The summed E-state index contributed by atoms with van der Waals surface area (Å²) in [5.74, 6) is 1.48. The third-order valence-corrected chi connectivity index (χ3v) is 3.58. The van der Waals surface area contributed by atoms with Gasteiger partial charge in [-0.15, -0.1) is 0 Å². The van der Waals surface area contributed by atoms with E-state index < -0.39 is 0 Å². The van der Waals surface area contributed by atoms with E-state index in [1.54, 1.807) is 0 Å². The summed E-state index contributed by atoms with van der Waals surface area (Å²) in [6.07, 6.45) is 0. The quantitative estimate of drug-likeness (QED) is 0.860. The average Bonchev–Trinajstić information content (AvgIpc) is 2.67. The van der Waals surface area contributed by atoms with Crippen molar-refractivity contribution in [1.29, 1.82) is 0 Å². The number of benzene rings is 1. The molecule has 1 aromatic carbocycles. The Morgan fingerprint density at radius 3 is 2.55 bits per heavy atom. The number of rotatable bonds is 5. The van der Waals surface area contributed by atoms with Crippen LogP contribution in [0.3, 0.4) is 0 Å². The molecular formula is C15H22N4S. The number of aromatic nitrogens is 2. The van der Waals surface area contributed by atoms with Crippen LogP contribution >= 0.6 is 12.2 Å². The minimum absolute atomic E-state index is 0.233. The van der Waals surface area contributed by atoms with E-state index in [4.69, 9.17) is 22.9 Å². The van der Waals surface area contributed by atoms with Crippen molar-refractivity contribution in [2.24, 2.45) is 11.7 Å². The molecule has 1 unspecified atom stereocenters. The van der Waals surface area contributed by atoms with Crippen molar-refractivity contribution >= 4 is 28.2 Å². The zero-order chi connectivity index (χ0) is 14.9. The Kier molecular flexibility index (Phi) is 4.40. The first-order chi connectivity index (χ1) is 9.41. The molecule has 0 spiro atoms. The first kappa shape index (κ1) is 14.9. The molecule has 2 rings (SSSR count). The van der Waals surface area contributed by atoms with Crippen LogP contribution in [-0.4, -0.2) is 33.5 Å². The fourth-order valence-electron chi connectivity index (χ4n) is 2.77. The highest BCUT2D eigenvalue weighted by Gasteiger charge is 2.25. The van der Waals surface area contributed by atoms with Crippen LogP contribution in [0.25, 0.3) is 11.0 Å². The molecule has 0 amide bonds. The second-order valence-corrected chi connectivity index (χ2v) is 6.19. The summed E-state index contributed by atoms with van der Waals surface area (Å²) in [5.41, 5.74) is 7.84. The van der Waals surface area contributed by atoms with E-state index in [1.807, 2.05) is 18.2 Å². The molecule has 108 valence electrons. The number of imidazole rings is 1. The van der Waals surface area contributed by atoms with Gasteiger partial charge in [0.05, 0.1) is 28.6 Å². The van der Waals surface area contributed by atoms with Crippen LogP contribution in [0.5, 0.6) is 0 Å². The normalized spacial score (nSPS) is 13.3. The van der Waals surface area contributed by atoms with E-state index in [-0.39, 0.29) is 6.04 Å². The molecule has 5 heteroatoms. The topological polar surface area (TPSA) is 47.1 Å². The van der Waals surface area contributed by atoms with Gasteiger partial charge in [0.2, 0.25) is 0 Å². The molecule has 0 radical (unpaired) electrons. The van der Waals surface area contributed by atoms with Crippen LogP contribution in [0, 0.1) is 5.92 Å². The SMILES string of the molecule is CC(C)C(c1nc2ccccc2n1CC(N)=S)N(C)C. The summed E-state index contributed by atoms with van der Waals surface area (Å²) in [5, 5.41) is 0. The number of nitrogens with zero attached hydrogens (tertiary/aromatic N) is 3. The maximum atomic E-state index is 5.77. The van der Waals surface area contributed by atoms with Gasteiger partial charge in [0.1, 0.15) is 5.82 Å². The number of hydrogen-bond acceptors (Lipinski definition) is 3. The maximum Gasteiger partial charge on any atom is 0.127 e. The predicted molar refractivity (Wildman–Crippen MR) is 87.8 cm³/mol. The molecule has 0 aliphatic rings. The minimum atomic E-state index is 0.233. The molecule has 4 nitrogen and oxygen atoms in total. The van der Waals surface area contributed by atoms with Gasteiger partial charge in [-0.05, 0) is 32.1 Å². The Morgan fingerprint density at radius 2 is 2.00 bits per heavy atom. The monoisotopic (exact) mass is 290 g/mol. The van der Waals surface area contributed by atoms with Crippen LogP contribution in [0.15, 0.2) is 24.3 Å². The van der Waals surface area contributed by atoms with Gasteiger partial charge in [-0.3, -0.25) is 4.90 Å². The number of fused-ring (bicyclic) bond motifs is 1. The second-order valence-electron chi connectivity index (χ2n) is 5.66. The van der Waals surface area contributed by atoms with Gasteiger partial charge in [0.15, 0.2) is 0 Å². The van der Waals surface area contributed by atoms with Crippen LogP contribution in [0.1, 0.15) is 25.7 Å². The zero-order valence-electron chi connectivity index (χ0n) is 12.5. The molecule has 2 N–H and O–H groups in total. The van der Waals surface area contributed by atoms with Gasteiger partial charge in [-0.2, -0.15) is 0 Å². The number of hydrogen-bond donors (Lipinski definition) is 1. The highest BCUT2D eigenvalue weighted by atomic mass is 32.1. The summed E-state index contributed by atoms with van der Waals surface area (Å²) in [6, 6.07) is 8.35. The minimum Gasteiger partial charge on any atom is -0.392 e. The highest BCUT2D eigenvalue weighted by Crippen LogP contribution is 2.29. The molecule has 0 fully saturated rings. The van der Waals surface area contributed by atoms with Gasteiger partial charge in [0.25, 0.3) is 0 Å². The fraction of sp³-hybridized carbons (Fsp3) is 0.467. The van der Waals surface area contributed by atoms with Crippen LogP contribution in [0.2, 0.25) is 0 Å². The van der Waals surface area contributed by atoms with Crippen molar-refractivity contribution in [2.45, 2.75) is 26.4 Å². The molecule has 0 bridgehead atoms. The van der Waals surface area contributed by atoms with Crippen LogP contribution < -0.4 is 5.73 Å². The summed E-state index contributed by atoms with van der Waals surface area (Å²) >= 11 is 5.10. The first-order valence-electron chi connectivity index (χ1n) is 6.81. The van der Waals surface area contributed by atoms with Gasteiger partial charge >= 0.3 is 0 Å². The molecule has 1 aromatic heterocycles. The smallest absolute Gasteiger partial charge is 0.127 e. The summed E-state index contributed by atoms with van der Waals surface area (Å²) in [7, 11) is 4.16. The molecule has 2 aromatic rings. The summed E-state index contributed by atoms with van der Waals surface area (Å²) in [6.45, 7) is 4.94. The highest BCUT2D eigenvalue weighted by molar-refractivity contribution is 7.80. The largest absolute Gasteiger partial charge is 0.392 e. The Hall–Kier alpha value is -1.46. The van der Waals surface area contributed by atoms with Gasteiger partial charge in [-0.1, -0.05) is 38.2 Å². The lowest BCUT2D eigenvalue weighted by atomic mass is 10.0. The number of para-hydroxylation sites is 2. The number of nitrogens with two attached hydrogens (primary N) is 1. The maximum absolute atomic E-state index is 5.77. The van der Waals surface area contributed by atoms with Gasteiger partial charge < -0.3 is 10.3 Å². The Morgan fingerprint density at radius 1 is 1.35 bits per heavy atom. The zero-order valence-corrected chi connectivity index (χ0v) is 13.3. The third kappa shape index (κ3) is 2.83. The molecule has 0 aliphatic heterocycles. The lowest BCUT2D eigenvalue weighted by Crippen LogP contribution is -2.29. The van der Waals surface area contributed by atoms with E-state index in [0.29, 0.717) is 17.5 Å². The first-order valence-corrected chi connectivity index (χ1v) is 7.22. The van der Waals surface area contributed by atoms with Gasteiger partial charge in [0, 0.05) is 0 Å². The van der Waals surface area contributed by atoms with Crippen LogP contribution in [0.4, 0.5) is 0 Å². The van der Waals surface area contributed by atoms with E-state index in [9.17, 15) is 0 Å².